The van der Waals surface area contributed by atoms with Crippen LogP contribution < -0.4 is 0 Å². The van der Waals surface area contributed by atoms with Gasteiger partial charge in [0.05, 0.1) is 0 Å². The van der Waals surface area contributed by atoms with Crippen molar-refractivity contribution in [2.24, 2.45) is 0 Å². The number of alkyl halides is 1. The molecule has 2 aliphatic rings. The summed E-state index contributed by atoms with van der Waals surface area (Å²) >= 11 is 2.61. The van der Waals surface area contributed by atoms with Crippen molar-refractivity contribution in [2.75, 3.05) is 13.6 Å². The van der Waals surface area contributed by atoms with Gasteiger partial charge in [0.15, 0.2) is 0 Å². The zero-order valence-electron chi connectivity index (χ0n) is 6.44. The summed E-state index contributed by atoms with van der Waals surface area (Å²) in [4.78, 5) is 2.57. The largest absolute Gasteiger partial charge is 0.301 e. The predicted molar refractivity (Wildman–Crippen MR) is 51.6 cm³/mol. The first-order chi connectivity index (χ1) is 4.73. The third kappa shape index (κ3) is 1.09. The van der Waals surface area contributed by atoms with Gasteiger partial charge in [0.1, 0.15) is 0 Å². The van der Waals surface area contributed by atoms with Crippen LogP contribution in [0, 0.1) is 0 Å². The van der Waals surface area contributed by atoms with Crippen molar-refractivity contribution >= 4 is 22.6 Å². The molecule has 1 spiro atoms. The molecule has 1 aliphatic carbocycles. The lowest BCUT2D eigenvalue weighted by Crippen LogP contribution is -2.41. The first-order valence-electron chi connectivity index (χ1n) is 4.08. The van der Waals surface area contributed by atoms with Gasteiger partial charge in [-0.3, -0.25) is 0 Å². The van der Waals surface area contributed by atoms with Crippen LogP contribution in [0.5, 0.6) is 0 Å². The highest BCUT2D eigenvalue weighted by atomic mass is 127. The van der Waals surface area contributed by atoms with Gasteiger partial charge in [-0.2, -0.15) is 0 Å². The molecule has 0 radical (unpaired) electrons. The van der Waals surface area contributed by atoms with Crippen molar-refractivity contribution in [3.63, 3.8) is 0 Å². The number of nitrogens with zero attached hydrogens (tertiary/aromatic N) is 1. The quantitative estimate of drug-likeness (QED) is 0.470. The van der Waals surface area contributed by atoms with E-state index < -0.39 is 0 Å². The van der Waals surface area contributed by atoms with E-state index >= 15 is 0 Å². The molecule has 0 unspecified atom stereocenters. The van der Waals surface area contributed by atoms with Gasteiger partial charge >= 0.3 is 0 Å². The molecule has 0 aromatic carbocycles. The SMILES string of the molecule is CN1CC[C@H](I)CC12CC2. The van der Waals surface area contributed by atoms with Crippen LogP contribution in [0.25, 0.3) is 0 Å². The highest BCUT2D eigenvalue weighted by molar-refractivity contribution is 14.1. The summed E-state index contributed by atoms with van der Waals surface area (Å²) < 4.78 is 0.955. The number of hydrogen-bond donors (Lipinski definition) is 0. The first kappa shape index (κ1) is 7.35. The van der Waals surface area contributed by atoms with Crippen molar-refractivity contribution in [2.45, 2.75) is 35.1 Å². The first-order valence-corrected chi connectivity index (χ1v) is 5.33. The minimum Gasteiger partial charge on any atom is -0.301 e. The van der Waals surface area contributed by atoms with Crippen LogP contribution in [0.2, 0.25) is 0 Å². The van der Waals surface area contributed by atoms with E-state index in [2.05, 4.69) is 34.5 Å². The van der Waals surface area contributed by atoms with Crippen molar-refractivity contribution < 1.29 is 0 Å². The van der Waals surface area contributed by atoms with Crippen molar-refractivity contribution in [3.8, 4) is 0 Å². The summed E-state index contributed by atoms with van der Waals surface area (Å²) in [7, 11) is 2.29. The molecular formula is C8H14IN. The Labute approximate surface area is 76.3 Å². The molecule has 2 fully saturated rings. The summed E-state index contributed by atoms with van der Waals surface area (Å²) in [6, 6.07) is 0. The third-order valence-corrected chi connectivity index (χ3v) is 4.08. The molecule has 10 heavy (non-hydrogen) atoms. The highest BCUT2D eigenvalue weighted by Gasteiger charge is 2.49. The molecule has 1 aliphatic heterocycles. The average molecular weight is 251 g/mol. The lowest BCUT2D eigenvalue weighted by molar-refractivity contribution is 0.173. The molecule has 1 nitrogen and oxygen atoms in total. The molecule has 1 saturated carbocycles. The Balaban J connectivity index is 2.03. The van der Waals surface area contributed by atoms with Crippen LogP contribution in [-0.4, -0.2) is 28.0 Å². The summed E-state index contributed by atoms with van der Waals surface area (Å²) in [5, 5.41) is 0. The van der Waals surface area contributed by atoms with E-state index in [1.54, 1.807) is 0 Å². The van der Waals surface area contributed by atoms with Gasteiger partial charge in [0, 0.05) is 9.46 Å². The number of piperidine rings is 1. The topological polar surface area (TPSA) is 3.24 Å². The molecule has 58 valence electrons. The number of likely N-dealkylation sites (tertiary alicyclic amines) is 1. The highest BCUT2D eigenvalue weighted by Crippen LogP contribution is 2.48. The van der Waals surface area contributed by atoms with Crippen LogP contribution in [-0.2, 0) is 0 Å². The molecule has 2 rings (SSSR count). The fourth-order valence-corrected chi connectivity index (χ4v) is 3.07. The Hall–Kier alpha value is 0.690. The monoisotopic (exact) mass is 251 g/mol. The second-order valence-corrected chi connectivity index (χ2v) is 5.50. The van der Waals surface area contributed by atoms with Crippen molar-refractivity contribution in [1.29, 1.82) is 0 Å². The average Bonchev–Trinajstić information content (AvgIpc) is 2.62. The molecule has 0 aromatic heterocycles. The van der Waals surface area contributed by atoms with Gasteiger partial charge in [-0.1, -0.05) is 22.6 Å². The molecule has 2 heteroatoms. The van der Waals surface area contributed by atoms with E-state index in [-0.39, 0.29) is 0 Å². The van der Waals surface area contributed by atoms with E-state index in [9.17, 15) is 0 Å². The predicted octanol–water partition coefficient (Wildman–Crippen LogP) is 2.05. The molecule has 0 N–H and O–H groups in total. The maximum Gasteiger partial charge on any atom is 0.0217 e. The van der Waals surface area contributed by atoms with Gasteiger partial charge in [-0.25, -0.2) is 0 Å². The third-order valence-electron chi connectivity index (χ3n) is 3.02. The zero-order chi connectivity index (χ0) is 7.19. The fraction of sp³-hybridized carbons (Fsp3) is 1.00. The van der Waals surface area contributed by atoms with Crippen LogP contribution in [0.1, 0.15) is 25.7 Å². The molecular weight excluding hydrogens is 237 g/mol. The Bertz CT molecular complexity index is 142. The van der Waals surface area contributed by atoms with Crippen molar-refractivity contribution in [1.82, 2.24) is 4.90 Å². The Morgan fingerprint density at radius 2 is 2.20 bits per heavy atom. The van der Waals surface area contributed by atoms with Gasteiger partial charge in [-0.05, 0) is 39.3 Å². The minimum atomic E-state index is 0.685. The van der Waals surface area contributed by atoms with Gasteiger partial charge in [-0.15, -0.1) is 0 Å². The Morgan fingerprint density at radius 1 is 1.50 bits per heavy atom. The molecule has 1 saturated heterocycles. The summed E-state index contributed by atoms with van der Waals surface area (Å²) in [5.41, 5.74) is 0.685. The molecule has 1 heterocycles. The van der Waals surface area contributed by atoms with Crippen molar-refractivity contribution in [3.05, 3.63) is 0 Å². The standard InChI is InChI=1S/C8H14IN/c1-10-5-2-7(9)6-8(10)3-4-8/h7H,2-6H2,1H3/t7-/m0/s1. The Kier molecular flexibility index (Phi) is 1.72. The number of halogens is 1. The van der Waals surface area contributed by atoms with Crippen LogP contribution in [0.4, 0.5) is 0 Å². The lowest BCUT2D eigenvalue weighted by atomic mass is 10.0. The molecule has 0 aromatic rings. The summed E-state index contributed by atoms with van der Waals surface area (Å²) in [5.74, 6) is 0. The van der Waals surface area contributed by atoms with Gasteiger partial charge in [0.2, 0.25) is 0 Å². The molecule has 0 amide bonds. The minimum absolute atomic E-state index is 0.685. The maximum absolute atomic E-state index is 2.61. The van der Waals surface area contributed by atoms with Crippen LogP contribution >= 0.6 is 22.6 Å². The van der Waals surface area contributed by atoms with Crippen LogP contribution in [0.3, 0.4) is 0 Å². The van der Waals surface area contributed by atoms with E-state index in [0.717, 1.165) is 3.92 Å². The van der Waals surface area contributed by atoms with E-state index in [1.165, 1.54) is 32.2 Å². The second-order valence-electron chi connectivity index (χ2n) is 3.74. The maximum atomic E-state index is 2.61. The lowest BCUT2D eigenvalue weighted by Gasteiger charge is -2.35. The summed E-state index contributed by atoms with van der Waals surface area (Å²) in [6.45, 7) is 1.33. The van der Waals surface area contributed by atoms with Gasteiger partial charge in [0.25, 0.3) is 0 Å². The second kappa shape index (κ2) is 2.34. The van der Waals surface area contributed by atoms with Gasteiger partial charge < -0.3 is 4.90 Å². The zero-order valence-corrected chi connectivity index (χ0v) is 8.60. The van der Waals surface area contributed by atoms with E-state index in [0.29, 0.717) is 5.54 Å². The molecule has 1 atom stereocenters. The normalized spacial score (nSPS) is 38.4. The summed E-state index contributed by atoms with van der Waals surface area (Å²) in [6.07, 6.45) is 5.77. The Morgan fingerprint density at radius 3 is 2.70 bits per heavy atom. The number of rotatable bonds is 0. The number of hydrogen-bond acceptors (Lipinski definition) is 1. The van der Waals surface area contributed by atoms with Crippen LogP contribution in [0.15, 0.2) is 0 Å². The van der Waals surface area contributed by atoms with E-state index in [1.807, 2.05) is 0 Å². The van der Waals surface area contributed by atoms with E-state index in [4.69, 9.17) is 0 Å². The molecule has 0 bridgehead atoms. The smallest absolute Gasteiger partial charge is 0.0217 e. The fourth-order valence-electron chi connectivity index (χ4n) is 1.97.